The number of aryl methyl sites for hydroxylation is 1. The number of nitrogen functional groups attached to an aromatic ring is 1. The lowest BCUT2D eigenvalue weighted by atomic mass is 10.0. The SMILES string of the molecule is N=C(N)c1ccc(Cl)cc1-n1cnc2c1CCCC2. The number of nitrogens with two attached hydrogens (primary N) is 1. The average molecular weight is 275 g/mol. The highest BCUT2D eigenvalue weighted by Crippen LogP contribution is 2.26. The van der Waals surface area contributed by atoms with Gasteiger partial charge in [-0.1, -0.05) is 11.6 Å². The number of imidazole rings is 1. The van der Waals surface area contributed by atoms with E-state index < -0.39 is 0 Å². The van der Waals surface area contributed by atoms with E-state index in [1.807, 2.05) is 17.0 Å². The standard InChI is InChI=1S/C14H15ClN4/c15-9-5-6-10(14(16)17)13(7-9)19-8-18-11-3-1-2-4-12(11)19/h5-8H,1-4H2,(H3,16,17). The molecule has 0 bridgehead atoms. The summed E-state index contributed by atoms with van der Waals surface area (Å²) in [7, 11) is 0. The Hall–Kier alpha value is -1.81. The summed E-state index contributed by atoms with van der Waals surface area (Å²) in [6.07, 6.45) is 6.22. The lowest BCUT2D eigenvalue weighted by Gasteiger charge is -2.16. The fraction of sp³-hybridized carbons (Fsp3) is 0.286. The number of aromatic nitrogens is 2. The minimum atomic E-state index is 0.0462. The van der Waals surface area contributed by atoms with Crippen molar-refractivity contribution in [3.63, 3.8) is 0 Å². The van der Waals surface area contributed by atoms with Crippen LogP contribution in [-0.4, -0.2) is 15.4 Å². The monoisotopic (exact) mass is 274 g/mol. The minimum absolute atomic E-state index is 0.0462. The maximum atomic E-state index is 7.69. The van der Waals surface area contributed by atoms with Crippen LogP contribution in [0.3, 0.4) is 0 Å². The van der Waals surface area contributed by atoms with E-state index in [-0.39, 0.29) is 5.84 Å². The van der Waals surface area contributed by atoms with Gasteiger partial charge in [0.1, 0.15) is 5.84 Å². The topological polar surface area (TPSA) is 67.7 Å². The molecule has 1 aliphatic rings. The average Bonchev–Trinajstić information content (AvgIpc) is 2.82. The zero-order valence-corrected chi connectivity index (χ0v) is 11.2. The molecule has 0 amide bonds. The third-order valence-corrected chi connectivity index (χ3v) is 3.77. The molecule has 98 valence electrons. The second-order valence-corrected chi connectivity index (χ2v) is 5.23. The van der Waals surface area contributed by atoms with Gasteiger partial charge in [0.15, 0.2) is 0 Å². The van der Waals surface area contributed by atoms with Crippen molar-refractivity contribution in [2.45, 2.75) is 25.7 Å². The molecule has 2 aromatic rings. The van der Waals surface area contributed by atoms with Crippen molar-refractivity contribution in [2.75, 3.05) is 0 Å². The van der Waals surface area contributed by atoms with Crippen LogP contribution in [0.5, 0.6) is 0 Å². The van der Waals surface area contributed by atoms with Crippen LogP contribution in [0.1, 0.15) is 29.8 Å². The molecule has 0 aliphatic heterocycles. The summed E-state index contributed by atoms with van der Waals surface area (Å²) < 4.78 is 2.02. The van der Waals surface area contributed by atoms with E-state index in [1.165, 1.54) is 18.5 Å². The van der Waals surface area contributed by atoms with E-state index in [2.05, 4.69) is 4.98 Å². The van der Waals surface area contributed by atoms with E-state index in [9.17, 15) is 0 Å². The van der Waals surface area contributed by atoms with Crippen LogP contribution in [0.2, 0.25) is 5.02 Å². The van der Waals surface area contributed by atoms with E-state index in [4.69, 9.17) is 22.7 Å². The number of rotatable bonds is 2. The van der Waals surface area contributed by atoms with Crippen LogP contribution in [-0.2, 0) is 12.8 Å². The molecule has 19 heavy (non-hydrogen) atoms. The molecule has 5 heteroatoms. The molecule has 1 aromatic heterocycles. The zero-order valence-electron chi connectivity index (χ0n) is 10.5. The van der Waals surface area contributed by atoms with Gasteiger partial charge in [-0.25, -0.2) is 4.98 Å². The molecule has 1 heterocycles. The molecule has 0 saturated heterocycles. The van der Waals surface area contributed by atoms with Crippen molar-refractivity contribution in [2.24, 2.45) is 5.73 Å². The van der Waals surface area contributed by atoms with Crippen LogP contribution in [0, 0.1) is 5.41 Å². The summed E-state index contributed by atoms with van der Waals surface area (Å²) in [4.78, 5) is 4.47. The van der Waals surface area contributed by atoms with Crippen molar-refractivity contribution in [3.8, 4) is 5.69 Å². The van der Waals surface area contributed by atoms with E-state index in [0.717, 1.165) is 24.2 Å². The number of nitrogens with one attached hydrogen (secondary N) is 1. The van der Waals surface area contributed by atoms with Gasteiger partial charge in [0.05, 0.1) is 17.7 Å². The summed E-state index contributed by atoms with van der Waals surface area (Å²) in [5, 5.41) is 8.33. The number of hydrogen-bond donors (Lipinski definition) is 2. The molecule has 0 spiro atoms. The predicted octanol–water partition coefficient (Wildman–Crippen LogP) is 2.69. The highest BCUT2D eigenvalue weighted by Gasteiger charge is 2.18. The lowest BCUT2D eigenvalue weighted by Crippen LogP contribution is -2.16. The summed E-state index contributed by atoms with van der Waals surface area (Å²) in [5.74, 6) is 0.0462. The number of nitrogens with zero attached hydrogens (tertiary/aromatic N) is 2. The Labute approximate surface area is 116 Å². The predicted molar refractivity (Wildman–Crippen MR) is 76.2 cm³/mol. The summed E-state index contributed by atoms with van der Waals surface area (Å²) in [6, 6.07) is 5.38. The van der Waals surface area contributed by atoms with Gasteiger partial charge in [0.25, 0.3) is 0 Å². The smallest absolute Gasteiger partial charge is 0.124 e. The fourth-order valence-corrected chi connectivity index (χ4v) is 2.77. The third-order valence-electron chi connectivity index (χ3n) is 3.54. The van der Waals surface area contributed by atoms with Gasteiger partial charge in [-0.2, -0.15) is 0 Å². The quantitative estimate of drug-likeness (QED) is 0.653. The van der Waals surface area contributed by atoms with E-state index in [1.54, 1.807) is 12.1 Å². The second kappa shape index (κ2) is 4.70. The first-order chi connectivity index (χ1) is 9.16. The molecule has 0 fully saturated rings. The van der Waals surface area contributed by atoms with Gasteiger partial charge < -0.3 is 10.3 Å². The van der Waals surface area contributed by atoms with Gasteiger partial charge in [0.2, 0.25) is 0 Å². The highest BCUT2D eigenvalue weighted by molar-refractivity contribution is 6.31. The Morgan fingerprint density at radius 2 is 2.11 bits per heavy atom. The first-order valence-corrected chi connectivity index (χ1v) is 6.74. The highest BCUT2D eigenvalue weighted by atomic mass is 35.5. The van der Waals surface area contributed by atoms with Crippen molar-refractivity contribution in [1.29, 1.82) is 5.41 Å². The molecular weight excluding hydrogens is 260 g/mol. The maximum Gasteiger partial charge on any atom is 0.124 e. The Kier molecular flexibility index (Phi) is 3.03. The Morgan fingerprint density at radius 1 is 1.32 bits per heavy atom. The van der Waals surface area contributed by atoms with Gasteiger partial charge in [-0.15, -0.1) is 0 Å². The fourth-order valence-electron chi connectivity index (χ4n) is 2.61. The Balaban J connectivity index is 2.19. The summed E-state index contributed by atoms with van der Waals surface area (Å²) >= 11 is 6.08. The number of amidine groups is 1. The van der Waals surface area contributed by atoms with Crippen LogP contribution >= 0.6 is 11.6 Å². The zero-order chi connectivity index (χ0) is 13.4. The normalized spacial score (nSPS) is 14.2. The number of hydrogen-bond acceptors (Lipinski definition) is 2. The van der Waals surface area contributed by atoms with Crippen LogP contribution < -0.4 is 5.73 Å². The molecular formula is C14H15ClN4. The minimum Gasteiger partial charge on any atom is -0.384 e. The number of benzene rings is 1. The van der Waals surface area contributed by atoms with Crippen LogP contribution in [0.15, 0.2) is 24.5 Å². The maximum absolute atomic E-state index is 7.69. The van der Waals surface area contributed by atoms with E-state index >= 15 is 0 Å². The first kappa shape index (κ1) is 12.2. The molecule has 0 radical (unpaired) electrons. The van der Waals surface area contributed by atoms with Crippen LogP contribution in [0.25, 0.3) is 5.69 Å². The van der Waals surface area contributed by atoms with Gasteiger partial charge in [-0.3, -0.25) is 5.41 Å². The summed E-state index contributed by atoms with van der Waals surface area (Å²) in [6.45, 7) is 0. The molecule has 3 N–H and O–H groups in total. The molecule has 1 aromatic carbocycles. The third kappa shape index (κ3) is 2.12. The molecule has 0 unspecified atom stereocenters. The Morgan fingerprint density at radius 3 is 2.89 bits per heavy atom. The molecule has 1 aliphatic carbocycles. The molecule has 3 rings (SSSR count). The second-order valence-electron chi connectivity index (χ2n) is 4.79. The number of halogens is 1. The summed E-state index contributed by atoms with van der Waals surface area (Å²) in [5.41, 5.74) is 9.56. The van der Waals surface area contributed by atoms with Crippen molar-refractivity contribution >= 4 is 17.4 Å². The van der Waals surface area contributed by atoms with Gasteiger partial charge in [-0.05, 0) is 43.9 Å². The lowest BCUT2D eigenvalue weighted by molar-refractivity contribution is 0.656. The van der Waals surface area contributed by atoms with Crippen LogP contribution in [0.4, 0.5) is 0 Å². The van der Waals surface area contributed by atoms with Crippen molar-refractivity contribution < 1.29 is 0 Å². The molecule has 0 saturated carbocycles. The van der Waals surface area contributed by atoms with Gasteiger partial charge in [0, 0.05) is 16.3 Å². The molecule has 0 atom stereocenters. The van der Waals surface area contributed by atoms with E-state index in [0.29, 0.717) is 10.6 Å². The number of fused-ring (bicyclic) bond motifs is 1. The van der Waals surface area contributed by atoms with Crippen molar-refractivity contribution in [1.82, 2.24) is 9.55 Å². The Bertz CT molecular complexity index is 645. The van der Waals surface area contributed by atoms with Gasteiger partial charge >= 0.3 is 0 Å². The largest absolute Gasteiger partial charge is 0.384 e. The van der Waals surface area contributed by atoms with Crippen molar-refractivity contribution in [3.05, 3.63) is 46.5 Å². The molecule has 4 nitrogen and oxygen atoms in total. The first-order valence-electron chi connectivity index (χ1n) is 6.36.